The van der Waals surface area contributed by atoms with Crippen LogP contribution in [0.3, 0.4) is 0 Å². The first-order valence-electron chi connectivity index (χ1n) is 3.49. The molecule has 1 aliphatic carbocycles. The van der Waals surface area contributed by atoms with E-state index in [-0.39, 0.29) is 12.0 Å². The topological polar surface area (TPSA) is 20.2 Å². The molecule has 1 rings (SSSR count). The van der Waals surface area contributed by atoms with Gasteiger partial charge in [-0.1, -0.05) is 24.3 Å². The molecule has 3 heteroatoms. The molecule has 0 spiro atoms. The molecule has 0 heterocycles. The maximum Gasteiger partial charge on any atom is 0.0849 e. The lowest BCUT2D eigenvalue weighted by atomic mass is 9.96. The van der Waals surface area contributed by atoms with Gasteiger partial charge in [0, 0.05) is 6.61 Å². The normalized spacial score (nSPS) is 36.1. The van der Waals surface area contributed by atoms with E-state index in [1.807, 2.05) is 24.3 Å². The highest BCUT2D eigenvalue weighted by atomic mass is 35.5. The van der Waals surface area contributed by atoms with Crippen molar-refractivity contribution in [3.05, 3.63) is 24.3 Å². The monoisotopic (exact) mass is 192 g/mol. The number of hydrogen-bond acceptors (Lipinski definition) is 1. The third-order valence-electron chi connectivity index (χ3n) is 1.72. The van der Waals surface area contributed by atoms with Gasteiger partial charge in [0.05, 0.1) is 10.3 Å². The molecule has 0 saturated heterocycles. The molecule has 0 bridgehead atoms. The van der Waals surface area contributed by atoms with Crippen LogP contribution in [0.4, 0.5) is 0 Å². The fourth-order valence-corrected chi connectivity index (χ4v) is 1.52. The van der Waals surface area contributed by atoms with Gasteiger partial charge in [-0.3, -0.25) is 0 Å². The molecule has 0 aromatic carbocycles. The molecule has 0 radical (unpaired) electrons. The molecule has 0 aliphatic heterocycles. The van der Waals surface area contributed by atoms with Gasteiger partial charge < -0.3 is 5.11 Å². The van der Waals surface area contributed by atoms with Crippen molar-refractivity contribution in [3.63, 3.8) is 0 Å². The van der Waals surface area contributed by atoms with Crippen LogP contribution in [0.5, 0.6) is 0 Å². The highest BCUT2D eigenvalue weighted by Gasteiger charge is 2.31. The average Bonchev–Trinajstić information content (AvgIpc) is 1.96. The number of hydrogen-bond donors (Lipinski definition) is 1. The Kier molecular flexibility index (Phi) is 2.99. The van der Waals surface area contributed by atoms with E-state index in [0.717, 1.165) is 0 Å². The summed E-state index contributed by atoms with van der Waals surface area (Å²) in [7, 11) is 0. The molecule has 2 atom stereocenters. The summed E-state index contributed by atoms with van der Waals surface area (Å²) < 4.78 is 0. The average molecular weight is 193 g/mol. The quantitative estimate of drug-likeness (QED) is 0.665. The number of allylic oxidation sites excluding steroid dienone is 4. The summed E-state index contributed by atoms with van der Waals surface area (Å²) in [6.45, 7) is 0.0604. The molecule has 0 aromatic rings. The van der Waals surface area contributed by atoms with E-state index in [9.17, 15) is 0 Å². The molecule has 1 aliphatic rings. The first kappa shape index (κ1) is 9.11. The van der Waals surface area contributed by atoms with Crippen molar-refractivity contribution in [1.29, 1.82) is 0 Å². The molecule has 0 fully saturated rings. The predicted octanol–water partition coefficient (Wildman–Crippen LogP) is 2.08. The van der Waals surface area contributed by atoms with Crippen LogP contribution in [0.2, 0.25) is 0 Å². The van der Waals surface area contributed by atoms with E-state index in [1.54, 1.807) is 0 Å². The molecule has 0 aromatic heterocycles. The largest absolute Gasteiger partial charge is 0.396 e. The zero-order chi connectivity index (χ0) is 8.32. The van der Waals surface area contributed by atoms with Gasteiger partial charge in [-0.15, -0.1) is 23.2 Å². The third kappa shape index (κ3) is 1.98. The lowest BCUT2D eigenvalue weighted by Crippen LogP contribution is -2.31. The van der Waals surface area contributed by atoms with Crippen molar-refractivity contribution in [2.75, 3.05) is 6.61 Å². The lowest BCUT2D eigenvalue weighted by Gasteiger charge is -2.27. The minimum absolute atomic E-state index is 0.0604. The molecular formula is C8H10Cl2O. The number of aliphatic hydroxyl groups excluding tert-OH is 1. The Morgan fingerprint density at radius 2 is 2.18 bits per heavy atom. The first-order chi connectivity index (χ1) is 5.19. The second-order valence-corrected chi connectivity index (χ2v) is 3.72. The van der Waals surface area contributed by atoms with Crippen LogP contribution in [0.15, 0.2) is 24.3 Å². The van der Waals surface area contributed by atoms with Gasteiger partial charge in [0.25, 0.3) is 0 Å². The van der Waals surface area contributed by atoms with Crippen molar-refractivity contribution in [3.8, 4) is 0 Å². The Morgan fingerprint density at radius 3 is 2.73 bits per heavy atom. The molecule has 11 heavy (non-hydrogen) atoms. The number of rotatable bonds is 2. The van der Waals surface area contributed by atoms with Gasteiger partial charge in [0.1, 0.15) is 0 Å². The van der Waals surface area contributed by atoms with E-state index in [4.69, 9.17) is 28.3 Å². The van der Waals surface area contributed by atoms with E-state index >= 15 is 0 Å². The van der Waals surface area contributed by atoms with Crippen LogP contribution >= 0.6 is 23.2 Å². The van der Waals surface area contributed by atoms with Crippen LogP contribution < -0.4 is 0 Å². The SMILES string of the molecule is OCCC1(Cl)C=CC=CC1Cl. The van der Waals surface area contributed by atoms with Gasteiger partial charge >= 0.3 is 0 Å². The lowest BCUT2D eigenvalue weighted by molar-refractivity contribution is 0.276. The Morgan fingerprint density at radius 1 is 1.45 bits per heavy atom. The molecule has 0 amide bonds. The smallest absolute Gasteiger partial charge is 0.0849 e. The predicted molar refractivity (Wildman–Crippen MR) is 48.2 cm³/mol. The zero-order valence-electron chi connectivity index (χ0n) is 6.00. The van der Waals surface area contributed by atoms with Crippen molar-refractivity contribution in [1.82, 2.24) is 0 Å². The molecule has 2 unspecified atom stereocenters. The first-order valence-corrected chi connectivity index (χ1v) is 4.30. The Balaban J connectivity index is 2.68. The minimum Gasteiger partial charge on any atom is -0.396 e. The van der Waals surface area contributed by atoms with E-state index in [1.165, 1.54) is 0 Å². The maximum atomic E-state index is 8.70. The standard InChI is InChI=1S/C8H10Cl2O/c9-7-3-1-2-4-8(7,10)5-6-11/h1-4,7,11H,5-6H2. The van der Waals surface area contributed by atoms with Gasteiger partial charge in [-0.2, -0.15) is 0 Å². The van der Waals surface area contributed by atoms with Crippen molar-refractivity contribution in [2.45, 2.75) is 16.7 Å². The molecule has 1 N–H and O–H groups in total. The molecule has 62 valence electrons. The second-order valence-electron chi connectivity index (χ2n) is 2.55. The Bertz CT molecular complexity index is 189. The van der Waals surface area contributed by atoms with E-state index in [2.05, 4.69) is 0 Å². The highest BCUT2D eigenvalue weighted by molar-refractivity contribution is 6.34. The van der Waals surface area contributed by atoms with Gasteiger partial charge in [-0.05, 0) is 6.42 Å². The van der Waals surface area contributed by atoms with Crippen molar-refractivity contribution >= 4 is 23.2 Å². The summed E-state index contributed by atoms with van der Waals surface area (Å²) in [4.78, 5) is -0.592. The molecular weight excluding hydrogens is 183 g/mol. The van der Waals surface area contributed by atoms with Gasteiger partial charge in [0.2, 0.25) is 0 Å². The third-order valence-corrected chi connectivity index (χ3v) is 2.91. The summed E-state index contributed by atoms with van der Waals surface area (Å²) in [5.41, 5.74) is 0. The Hall–Kier alpha value is 0.0200. The van der Waals surface area contributed by atoms with Crippen LogP contribution in [-0.2, 0) is 0 Å². The molecule has 0 saturated carbocycles. The number of halogens is 2. The Labute approximate surface area is 76.3 Å². The highest BCUT2D eigenvalue weighted by Crippen LogP contribution is 2.32. The maximum absolute atomic E-state index is 8.70. The second kappa shape index (κ2) is 3.61. The fourth-order valence-electron chi connectivity index (χ4n) is 1.02. The number of alkyl halides is 2. The van der Waals surface area contributed by atoms with Crippen molar-refractivity contribution < 1.29 is 5.11 Å². The van der Waals surface area contributed by atoms with Gasteiger partial charge in [0.15, 0.2) is 0 Å². The van der Waals surface area contributed by atoms with Gasteiger partial charge in [-0.25, -0.2) is 0 Å². The number of aliphatic hydroxyl groups is 1. The van der Waals surface area contributed by atoms with Crippen LogP contribution in [0, 0.1) is 0 Å². The van der Waals surface area contributed by atoms with Crippen LogP contribution in [-0.4, -0.2) is 22.0 Å². The summed E-state index contributed by atoms with van der Waals surface area (Å²) in [5.74, 6) is 0. The zero-order valence-corrected chi connectivity index (χ0v) is 7.52. The summed E-state index contributed by atoms with van der Waals surface area (Å²) in [6, 6.07) is 0. The van der Waals surface area contributed by atoms with Crippen LogP contribution in [0.1, 0.15) is 6.42 Å². The van der Waals surface area contributed by atoms with Crippen molar-refractivity contribution in [2.24, 2.45) is 0 Å². The summed E-state index contributed by atoms with van der Waals surface area (Å²) in [5, 5.41) is 8.48. The summed E-state index contributed by atoms with van der Waals surface area (Å²) in [6.07, 6.45) is 7.84. The van der Waals surface area contributed by atoms with E-state index < -0.39 is 4.87 Å². The fraction of sp³-hybridized carbons (Fsp3) is 0.500. The van der Waals surface area contributed by atoms with Crippen LogP contribution in [0.25, 0.3) is 0 Å². The summed E-state index contributed by atoms with van der Waals surface area (Å²) >= 11 is 12.0. The minimum atomic E-state index is -0.592. The van der Waals surface area contributed by atoms with E-state index in [0.29, 0.717) is 6.42 Å². The molecule has 1 nitrogen and oxygen atoms in total.